The molecule has 0 saturated carbocycles. The number of alkyl halides is 1. The van der Waals surface area contributed by atoms with Crippen LogP contribution in [-0.2, 0) is 11.3 Å². The van der Waals surface area contributed by atoms with Crippen molar-refractivity contribution >= 4 is 27.6 Å². The lowest BCUT2D eigenvalue weighted by atomic mass is 10.3. The number of rotatable bonds is 5. The van der Waals surface area contributed by atoms with Crippen LogP contribution in [0.2, 0.25) is 0 Å². The minimum Gasteiger partial charge on any atom is -0.461 e. The standard InChI is InChI=1S/C8H10BrN3O4/c1-2-16-8(13)7-6(12(14)15)5-10-11(7)4-3-9/h5H,2-4H2,1H3. The van der Waals surface area contributed by atoms with Crippen molar-refractivity contribution in [1.29, 1.82) is 0 Å². The normalized spacial score (nSPS) is 10.1. The van der Waals surface area contributed by atoms with E-state index < -0.39 is 10.9 Å². The molecule has 0 aliphatic heterocycles. The Morgan fingerprint density at radius 2 is 2.44 bits per heavy atom. The lowest BCUT2D eigenvalue weighted by Crippen LogP contribution is -2.15. The first kappa shape index (κ1) is 12.6. The van der Waals surface area contributed by atoms with Gasteiger partial charge in [0.05, 0.1) is 18.1 Å². The zero-order valence-corrected chi connectivity index (χ0v) is 10.1. The first-order valence-corrected chi connectivity index (χ1v) is 5.67. The van der Waals surface area contributed by atoms with E-state index in [-0.39, 0.29) is 18.0 Å². The molecule has 0 aliphatic carbocycles. The van der Waals surface area contributed by atoms with Gasteiger partial charge in [-0.3, -0.25) is 14.8 Å². The molecular weight excluding hydrogens is 282 g/mol. The van der Waals surface area contributed by atoms with Crippen LogP contribution in [0.4, 0.5) is 5.69 Å². The van der Waals surface area contributed by atoms with Gasteiger partial charge in [-0.25, -0.2) is 4.79 Å². The third-order valence-corrected chi connectivity index (χ3v) is 2.14. The molecule has 0 unspecified atom stereocenters. The van der Waals surface area contributed by atoms with Crippen LogP contribution in [0.1, 0.15) is 17.4 Å². The van der Waals surface area contributed by atoms with Gasteiger partial charge in [0.1, 0.15) is 6.20 Å². The van der Waals surface area contributed by atoms with Crippen molar-refractivity contribution in [3.63, 3.8) is 0 Å². The molecule has 16 heavy (non-hydrogen) atoms. The Kier molecular flexibility index (Phi) is 4.41. The number of nitro groups is 1. The maximum Gasteiger partial charge on any atom is 0.363 e. The second kappa shape index (κ2) is 5.59. The summed E-state index contributed by atoms with van der Waals surface area (Å²) in [5.41, 5.74) is -0.453. The number of nitrogens with zero attached hydrogens (tertiary/aromatic N) is 3. The van der Waals surface area contributed by atoms with Crippen molar-refractivity contribution < 1.29 is 14.5 Å². The number of hydrogen-bond acceptors (Lipinski definition) is 5. The number of aryl methyl sites for hydroxylation is 1. The zero-order chi connectivity index (χ0) is 12.1. The SMILES string of the molecule is CCOC(=O)c1c([N+](=O)[O-])cnn1CCBr. The second-order valence-electron chi connectivity index (χ2n) is 2.77. The third kappa shape index (κ3) is 2.57. The molecule has 0 saturated heterocycles. The predicted octanol–water partition coefficient (Wildman–Crippen LogP) is 1.36. The first-order chi connectivity index (χ1) is 7.61. The van der Waals surface area contributed by atoms with Crippen molar-refractivity contribution in [1.82, 2.24) is 9.78 Å². The molecule has 7 nitrogen and oxygen atoms in total. The summed E-state index contributed by atoms with van der Waals surface area (Å²) in [4.78, 5) is 21.6. The minimum atomic E-state index is -0.729. The summed E-state index contributed by atoms with van der Waals surface area (Å²) in [6, 6.07) is 0. The van der Waals surface area contributed by atoms with Gasteiger partial charge in [0, 0.05) is 5.33 Å². The molecule has 0 radical (unpaired) electrons. The summed E-state index contributed by atoms with van der Waals surface area (Å²) >= 11 is 3.17. The van der Waals surface area contributed by atoms with E-state index in [1.807, 2.05) is 0 Å². The summed E-state index contributed by atoms with van der Waals surface area (Å²) in [5.74, 6) is -0.729. The summed E-state index contributed by atoms with van der Waals surface area (Å²) in [6.07, 6.45) is 1.05. The Balaban J connectivity index is 3.13. The topological polar surface area (TPSA) is 87.3 Å². The second-order valence-corrected chi connectivity index (χ2v) is 3.56. The molecule has 0 spiro atoms. The van der Waals surface area contributed by atoms with Crippen LogP contribution in [0, 0.1) is 10.1 Å². The van der Waals surface area contributed by atoms with E-state index in [1.165, 1.54) is 4.68 Å². The maximum atomic E-state index is 11.5. The van der Waals surface area contributed by atoms with Crippen molar-refractivity contribution in [2.75, 3.05) is 11.9 Å². The van der Waals surface area contributed by atoms with Crippen LogP contribution in [0.3, 0.4) is 0 Å². The average Bonchev–Trinajstić information content (AvgIpc) is 2.62. The highest BCUT2D eigenvalue weighted by Crippen LogP contribution is 2.18. The summed E-state index contributed by atoms with van der Waals surface area (Å²) < 4.78 is 6.00. The highest BCUT2D eigenvalue weighted by Gasteiger charge is 2.27. The van der Waals surface area contributed by atoms with Crippen molar-refractivity contribution in [2.24, 2.45) is 0 Å². The Hall–Kier alpha value is -1.44. The molecule has 0 aromatic carbocycles. The van der Waals surface area contributed by atoms with E-state index >= 15 is 0 Å². The number of carbonyl (C=O) groups excluding carboxylic acids is 1. The predicted molar refractivity (Wildman–Crippen MR) is 58.6 cm³/mol. The molecule has 0 bridgehead atoms. The highest BCUT2D eigenvalue weighted by molar-refractivity contribution is 9.09. The molecule has 0 fully saturated rings. The van der Waals surface area contributed by atoms with E-state index in [0.29, 0.717) is 11.9 Å². The summed E-state index contributed by atoms with van der Waals surface area (Å²) in [5, 5.41) is 15.0. The lowest BCUT2D eigenvalue weighted by Gasteiger charge is -2.04. The highest BCUT2D eigenvalue weighted by atomic mass is 79.9. The van der Waals surface area contributed by atoms with Crippen molar-refractivity contribution in [2.45, 2.75) is 13.5 Å². The quantitative estimate of drug-likeness (QED) is 0.354. The van der Waals surface area contributed by atoms with Crippen LogP contribution in [0.25, 0.3) is 0 Å². The summed E-state index contributed by atoms with van der Waals surface area (Å²) in [6.45, 7) is 2.16. The Morgan fingerprint density at radius 3 is 2.94 bits per heavy atom. The van der Waals surface area contributed by atoms with E-state index in [0.717, 1.165) is 6.20 Å². The Labute approximate surface area is 99.7 Å². The smallest absolute Gasteiger partial charge is 0.363 e. The molecule has 1 aromatic rings. The molecule has 88 valence electrons. The molecule has 1 aromatic heterocycles. The molecule has 8 heteroatoms. The number of esters is 1. The van der Waals surface area contributed by atoms with Gasteiger partial charge >= 0.3 is 11.7 Å². The van der Waals surface area contributed by atoms with Gasteiger partial charge in [-0.15, -0.1) is 0 Å². The largest absolute Gasteiger partial charge is 0.461 e. The van der Waals surface area contributed by atoms with Gasteiger partial charge in [0.2, 0.25) is 5.69 Å². The number of hydrogen-bond donors (Lipinski definition) is 0. The van der Waals surface area contributed by atoms with Gasteiger partial charge in [-0.1, -0.05) is 15.9 Å². The molecular formula is C8H10BrN3O4. The van der Waals surface area contributed by atoms with Crippen molar-refractivity contribution in [3.05, 3.63) is 22.0 Å². The molecule has 1 heterocycles. The van der Waals surface area contributed by atoms with E-state index in [1.54, 1.807) is 6.92 Å². The minimum absolute atomic E-state index is 0.119. The van der Waals surface area contributed by atoms with Crippen LogP contribution >= 0.6 is 15.9 Å². The molecule has 0 amide bonds. The van der Waals surface area contributed by atoms with Crippen LogP contribution in [-0.4, -0.2) is 32.6 Å². The first-order valence-electron chi connectivity index (χ1n) is 4.55. The van der Waals surface area contributed by atoms with Gasteiger partial charge < -0.3 is 4.74 Å². The van der Waals surface area contributed by atoms with Gasteiger partial charge in [-0.05, 0) is 6.92 Å². The number of halogens is 1. The van der Waals surface area contributed by atoms with Crippen LogP contribution < -0.4 is 0 Å². The monoisotopic (exact) mass is 291 g/mol. The maximum absolute atomic E-state index is 11.5. The Bertz CT molecular complexity index is 404. The van der Waals surface area contributed by atoms with E-state index in [2.05, 4.69) is 21.0 Å². The number of aromatic nitrogens is 2. The number of ether oxygens (including phenoxy) is 1. The molecule has 0 aliphatic rings. The fourth-order valence-electron chi connectivity index (χ4n) is 1.17. The average molecular weight is 292 g/mol. The molecule has 0 atom stereocenters. The van der Waals surface area contributed by atoms with E-state index in [9.17, 15) is 14.9 Å². The lowest BCUT2D eigenvalue weighted by molar-refractivity contribution is -0.385. The third-order valence-electron chi connectivity index (χ3n) is 1.78. The number of carbonyl (C=O) groups is 1. The van der Waals surface area contributed by atoms with Crippen LogP contribution in [0.15, 0.2) is 6.20 Å². The summed E-state index contributed by atoms with van der Waals surface area (Å²) in [7, 11) is 0. The van der Waals surface area contributed by atoms with Gasteiger partial charge in [0.15, 0.2) is 0 Å². The van der Waals surface area contributed by atoms with Gasteiger partial charge in [-0.2, -0.15) is 5.10 Å². The molecule has 0 N–H and O–H groups in total. The Morgan fingerprint density at radius 1 is 1.75 bits per heavy atom. The van der Waals surface area contributed by atoms with Crippen molar-refractivity contribution in [3.8, 4) is 0 Å². The van der Waals surface area contributed by atoms with E-state index in [4.69, 9.17) is 4.74 Å². The molecule has 1 rings (SSSR count). The fourth-order valence-corrected chi connectivity index (χ4v) is 1.50. The fraction of sp³-hybridized carbons (Fsp3) is 0.500. The van der Waals surface area contributed by atoms with Gasteiger partial charge in [0.25, 0.3) is 0 Å². The van der Waals surface area contributed by atoms with Crippen LogP contribution in [0.5, 0.6) is 0 Å². The zero-order valence-electron chi connectivity index (χ0n) is 8.55.